The highest BCUT2D eigenvalue weighted by Crippen LogP contribution is 2.41. The minimum Gasteiger partial charge on any atom is -0.322 e. The number of nitrogens with zero attached hydrogens (tertiary/aromatic N) is 2. The Morgan fingerprint density at radius 1 is 0.933 bits per heavy atom. The van der Waals surface area contributed by atoms with Crippen molar-refractivity contribution >= 4 is 22.7 Å². The summed E-state index contributed by atoms with van der Waals surface area (Å²) in [6.45, 7) is 2.24. The molecule has 0 radical (unpaired) electrons. The number of amides is 1. The van der Waals surface area contributed by atoms with E-state index < -0.39 is 6.04 Å². The third kappa shape index (κ3) is 2.84. The van der Waals surface area contributed by atoms with E-state index in [2.05, 4.69) is 6.07 Å². The van der Waals surface area contributed by atoms with Crippen LogP contribution in [0, 0.1) is 0 Å². The first-order valence-electron chi connectivity index (χ1n) is 10.3. The molecule has 2 heterocycles. The fourth-order valence-corrected chi connectivity index (χ4v) is 4.42. The van der Waals surface area contributed by atoms with Crippen molar-refractivity contribution in [2.45, 2.75) is 25.9 Å². The Kier molecular flexibility index (Phi) is 4.47. The maximum Gasteiger partial charge on any atom is 0.259 e. The minimum absolute atomic E-state index is 0.0353. The Morgan fingerprint density at radius 2 is 1.63 bits per heavy atom. The van der Waals surface area contributed by atoms with Gasteiger partial charge in [0.25, 0.3) is 5.91 Å². The number of hydrogen-bond donors (Lipinski definition) is 0. The van der Waals surface area contributed by atoms with Gasteiger partial charge >= 0.3 is 0 Å². The molecule has 4 aromatic rings. The van der Waals surface area contributed by atoms with E-state index in [-0.39, 0.29) is 11.8 Å². The van der Waals surface area contributed by atoms with Gasteiger partial charge in [-0.2, -0.15) is 0 Å². The molecule has 3 aromatic carbocycles. The van der Waals surface area contributed by atoms with Crippen LogP contribution < -0.4 is 0 Å². The lowest BCUT2D eigenvalue weighted by Gasteiger charge is -2.35. The van der Waals surface area contributed by atoms with Crippen LogP contribution in [0.25, 0.3) is 22.2 Å². The second-order valence-corrected chi connectivity index (χ2v) is 7.61. The lowest BCUT2D eigenvalue weighted by atomic mass is 9.92. The van der Waals surface area contributed by atoms with E-state index in [1.807, 2.05) is 85.8 Å². The first kappa shape index (κ1) is 18.4. The molecule has 1 unspecified atom stereocenters. The highest BCUT2D eigenvalue weighted by atomic mass is 16.2. The van der Waals surface area contributed by atoms with Gasteiger partial charge in [0.1, 0.15) is 6.04 Å². The van der Waals surface area contributed by atoms with E-state index in [1.54, 1.807) is 9.47 Å². The van der Waals surface area contributed by atoms with Gasteiger partial charge in [-0.3, -0.25) is 14.2 Å². The highest BCUT2D eigenvalue weighted by molar-refractivity contribution is 6.05. The first-order chi connectivity index (χ1) is 14.7. The molecule has 0 saturated heterocycles. The third-order valence-corrected chi connectivity index (χ3v) is 5.83. The molecule has 0 aliphatic carbocycles. The molecule has 1 aromatic heterocycles. The lowest BCUT2D eigenvalue weighted by molar-refractivity contribution is -0.133. The Bertz CT molecular complexity index is 1260. The van der Waals surface area contributed by atoms with Crippen molar-refractivity contribution in [1.82, 2.24) is 9.47 Å². The van der Waals surface area contributed by atoms with Crippen molar-refractivity contribution in [3.05, 3.63) is 96.1 Å². The van der Waals surface area contributed by atoms with E-state index >= 15 is 0 Å². The van der Waals surface area contributed by atoms with Gasteiger partial charge < -0.3 is 4.90 Å². The van der Waals surface area contributed by atoms with Crippen LogP contribution in [0.2, 0.25) is 0 Å². The van der Waals surface area contributed by atoms with E-state index in [9.17, 15) is 9.59 Å². The molecule has 1 aliphatic heterocycles. The molecule has 1 atom stereocenters. The fourth-order valence-electron chi connectivity index (χ4n) is 4.42. The van der Waals surface area contributed by atoms with E-state index in [0.717, 1.165) is 33.3 Å². The van der Waals surface area contributed by atoms with Crippen molar-refractivity contribution in [3.63, 3.8) is 0 Å². The Labute approximate surface area is 175 Å². The summed E-state index contributed by atoms with van der Waals surface area (Å²) in [5.74, 6) is -0.116. The van der Waals surface area contributed by atoms with Gasteiger partial charge in [0.15, 0.2) is 0 Å². The molecule has 0 saturated carbocycles. The van der Waals surface area contributed by atoms with Gasteiger partial charge in [0.05, 0.1) is 11.2 Å². The molecule has 4 heteroatoms. The predicted octanol–water partition coefficient (Wildman–Crippen LogP) is 5.44. The van der Waals surface area contributed by atoms with E-state index in [0.29, 0.717) is 13.0 Å². The number of para-hydroxylation sites is 1. The summed E-state index contributed by atoms with van der Waals surface area (Å²) in [6, 6.07) is 27.1. The molecule has 1 amide bonds. The standard InChI is InChI=1S/C26H22N2O2/c1-2-24(29)27(17-18-10-4-3-5-11-18)25-21-14-8-7-13-20(21)23-16-19-12-6-9-15-22(19)28(23)26(25)30/h3-16,25H,2,17H2,1H3. The van der Waals surface area contributed by atoms with Crippen LogP contribution in [-0.2, 0) is 11.3 Å². The third-order valence-electron chi connectivity index (χ3n) is 5.83. The molecular weight excluding hydrogens is 372 g/mol. The number of carbonyl (C=O) groups is 2. The lowest BCUT2D eigenvalue weighted by Crippen LogP contribution is -2.42. The number of hydrogen-bond acceptors (Lipinski definition) is 2. The summed E-state index contributed by atoms with van der Waals surface area (Å²) >= 11 is 0. The van der Waals surface area contributed by atoms with Gasteiger partial charge in [-0.1, -0.05) is 79.7 Å². The topological polar surface area (TPSA) is 42.3 Å². The van der Waals surface area contributed by atoms with Crippen LogP contribution in [-0.4, -0.2) is 21.3 Å². The highest BCUT2D eigenvalue weighted by Gasteiger charge is 2.38. The van der Waals surface area contributed by atoms with E-state index in [4.69, 9.17) is 0 Å². The maximum absolute atomic E-state index is 13.9. The Morgan fingerprint density at radius 3 is 2.43 bits per heavy atom. The van der Waals surface area contributed by atoms with Gasteiger partial charge in [-0.15, -0.1) is 0 Å². The molecule has 5 rings (SSSR count). The molecular formula is C26H22N2O2. The molecule has 0 bridgehead atoms. The average molecular weight is 394 g/mol. The summed E-state index contributed by atoms with van der Waals surface area (Å²) in [5, 5.41) is 1.02. The zero-order valence-electron chi connectivity index (χ0n) is 16.8. The van der Waals surface area contributed by atoms with Crippen LogP contribution in [0.3, 0.4) is 0 Å². The van der Waals surface area contributed by atoms with Crippen molar-refractivity contribution < 1.29 is 9.59 Å². The number of carbonyl (C=O) groups excluding carboxylic acids is 2. The smallest absolute Gasteiger partial charge is 0.259 e. The molecule has 0 N–H and O–H groups in total. The van der Waals surface area contributed by atoms with Gasteiger partial charge in [-0.25, -0.2) is 0 Å². The maximum atomic E-state index is 13.9. The van der Waals surface area contributed by atoms with Gasteiger partial charge in [0, 0.05) is 23.9 Å². The van der Waals surface area contributed by atoms with Crippen LogP contribution >= 0.6 is 0 Å². The number of benzene rings is 3. The molecule has 30 heavy (non-hydrogen) atoms. The zero-order chi connectivity index (χ0) is 20.7. The molecule has 0 spiro atoms. The minimum atomic E-state index is -0.655. The zero-order valence-corrected chi connectivity index (χ0v) is 16.8. The number of rotatable bonds is 4. The molecule has 1 aliphatic rings. The number of fused-ring (bicyclic) bond motifs is 5. The van der Waals surface area contributed by atoms with Crippen molar-refractivity contribution in [3.8, 4) is 11.3 Å². The van der Waals surface area contributed by atoms with Crippen molar-refractivity contribution in [2.24, 2.45) is 0 Å². The number of aromatic nitrogens is 1. The normalized spacial score (nSPS) is 15.0. The largest absolute Gasteiger partial charge is 0.322 e. The van der Waals surface area contributed by atoms with E-state index in [1.165, 1.54) is 0 Å². The average Bonchev–Trinajstić information content (AvgIpc) is 3.19. The second kappa shape index (κ2) is 7.30. The van der Waals surface area contributed by atoms with Crippen LogP contribution in [0.1, 0.15) is 35.3 Å². The monoisotopic (exact) mass is 394 g/mol. The summed E-state index contributed by atoms with van der Waals surface area (Å²) in [6.07, 6.45) is 0.345. The fraction of sp³-hybridized carbons (Fsp3) is 0.154. The first-order valence-corrected chi connectivity index (χ1v) is 10.3. The van der Waals surface area contributed by atoms with Crippen LogP contribution in [0.15, 0.2) is 84.9 Å². The summed E-state index contributed by atoms with van der Waals surface area (Å²) in [5.41, 5.74) is 4.65. The SMILES string of the molecule is CCC(=O)N(Cc1ccccc1)C1C(=O)n2c(cc3ccccc32)-c2ccccc21. The molecule has 148 valence electrons. The van der Waals surface area contributed by atoms with Crippen LogP contribution in [0.5, 0.6) is 0 Å². The Balaban J connectivity index is 1.71. The second-order valence-electron chi connectivity index (χ2n) is 7.61. The molecule has 0 fully saturated rings. The molecule has 4 nitrogen and oxygen atoms in total. The summed E-state index contributed by atoms with van der Waals surface area (Å²) in [4.78, 5) is 28.7. The van der Waals surface area contributed by atoms with Gasteiger partial charge in [-0.05, 0) is 23.3 Å². The van der Waals surface area contributed by atoms with Crippen LogP contribution in [0.4, 0.5) is 0 Å². The van der Waals surface area contributed by atoms with Crippen molar-refractivity contribution in [2.75, 3.05) is 0 Å². The summed E-state index contributed by atoms with van der Waals surface area (Å²) in [7, 11) is 0. The quantitative estimate of drug-likeness (QED) is 0.462. The Hall–Kier alpha value is -3.66. The van der Waals surface area contributed by atoms with Gasteiger partial charge in [0.2, 0.25) is 5.91 Å². The van der Waals surface area contributed by atoms with Crippen molar-refractivity contribution in [1.29, 1.82) is 0 Å². The summed E-state index contributed by atoms with van der Waals surface area (Å²) < 4.78 is 1.78. The predicted molar refractivity (Wildman–Crippen MR) is 118 cm³/mol.